The van der Waals surface area contributed by atoms with Gasteiger partial charge in [0.1, 0.15) is 11.4 Å². The fourth-order valence-corrected chi connectivity index (χ4v) is 4.98. The molecule has 0 bridgehead atoms. The van der Waals surface area contributed by atoms with Crippen molar-refractivity contribution in [2.75, 3.05) is 20.2 Å². The maximum atomic E-state index is 13.7. The minimum absolute atomic E-state index is 0.143. The number of hydrogen-bond acceptors (Lipinski definition) is 5. The molecule has 0 unspecified atom stereocenters. The van der Waals surface area contributed by atoms with Crippen molar-refractivity contribution >= 4 is 17.3 Å². The van der Waals surface area contributed by atoms with Gasteiger partial charge in [-0.05, 0) is 42.8 Å². The molecule has 1 aliphatic carbocycles. The van der Waals surface area contributed by atoms with Crippen LogP contribution in [0.3, 0.4) is 0 Å². The van der Waals surface area contributed by atoms with E-state index in [1.165, 1.54) is 7.11 Å². The number of ether oxygens (including phenoxy) is 2. The van der Waals surface area contributed by atoms with Crippen LogP contribution in [0.5, 0.6) is 5.75 Å². The van der Waals surface area contributed by atoms with E-state index in [4.69, 9.17) is 9.47 Å². The molecule has 29 heavy (non-hydrogen) atoms. The van der Waals surface area contributed by atoms with E-state index in [1.54, 1.807) is 6.07 Å². The summed E-state index contributed by atoms with van der Waals surface area (Å²) in [5, 5.41) is 3.31. The number of carbonyl (C=O) groups is 2. The van der Waals surface area contributed by atoms with Crippen molar-refractivity contribution in [3.05, 3.63) is 69.8 Å². The van der Waals surface area contributed by atoms with Crippen LogP contribution in [0.15, 0.2) is 42.0 Å². The van der Waals surface area contributed by atoms with Crippen LogP contribution in [-0.2, 0) is 16.8 Å². The molecule has 148 valence electrons. The Kier molecular flexibility index (Phi) is 4.10. The van der Waals surface area contributed by atoms with Crippen LogP contribution in [0.4, 0.5) is 0 Å². The van der Waals surface area contributed by atoms with E-state index in [-0.39, 0.29) is 5.78 Å². The van der Waals surface area contributed by atoms with E-state index < -0.39 is 11.6 Å². The van der Waals surface area contributed by atoms with Gasteiger partial charge in [-0.2, -0.15) is 0 Å². The van der Waals surface area contributed by atoms with Crippen molar-refractivity contribution in [2.45, 2.75) is 31.8 Å². The molecule has 1 spiro atoms. The monoisotopic (exact) mass is 389 g/mol. The molecule has 0 radical (unpaired) electrons. The smallest absolute Gasteiger partial charge is 0.340 e. The summed E-state index contributed by atoms with van der Waals surface area (Å²) in [7, 11) is 1.53. The largest absolute Gasteiger partial charge is 0.496 e. The molecule has 0 amide bonds. The van der Waals surface area contributed by atoms with Crippen LogP contribution in [-0.4, -0.2) is 32.0 Å². The molecule has 1 fully saturated rings. The zero-order chi connectivity index (χ0) is 20.2. The number of piperidine rings is 1. The van der Waals surface area contributed by atoms with Gasteiger partial charge in [-0.25, -0.2) is 4.79 Å². The lowest BCUT2D eigenvalue weighted by Gasteiger charge is -2.33. The summed E-state index contributed by atoms with van der Waals surface area (Å²) in [6.07, 6.45) is 1.98. The van der Waals surface area contributed by atoms with Crippen molar-refractivity contribution < 1.29 is 19.1 Å². The minimum Gasteiger partial charge on any atom is -0.496 e. The SMILES string of the molecule is COc1ccc2c(c1C(=O)C1=C(C)c3ccccc3C1)C(=O)OC21CCNCC1. The van der Waals surface area contributed by atoms with Gasteiger partial charge in [0.2, 0.25) is 0 Å². The van der Waals surface area contributed by atoms with Gasteiger partial charge in [0.25, 0.3) is 0 Å². The summed E-state index contributed by atoms with van der Waals surface area (Å²) in [5.74, 6) is -0.138. The molecule has 2 aromatic rings. The van der Waals surface area contributed by atoms with Crippen LogP contribution >= 0.6 is 0 Å². The lowest BCUT2D eigenvalue weighted by molar-refractivity contribution is -0.0242. The highest BCUT2D eigenvalue weighted by atomic mass is 16.6. The van der Waals surface area contributed by atoms with Crippen molar-refractivity contribution in [1.82, 2.24) is 5.32 Å². The number of benzene rings is 2. The Morgan fingerprint density at radius 1 is 1.14 bits per heavy atom. The highest BCUT2D eigenvalue weighted by Gasteiger charge is 2.48. The lowest BCUT2D eigenvalue weighted by atomic mass is 9.82. The van der Waals surface area contributed by atoms with Gasteiger partial charge in [0.15, 0.2) is 5.78 Å². The van der Waals surface area contributed by atoms with Crippen LogP contribution in [0.1, 0.15) is 57.2 Å². The van der Waals surface area contributed by atoms with Crippen molar-refractivity contribution in [1.29, 1.82) is 0 Å². The van der Waals surface area contributed by atoms with Gasteiger partial charge in [-0.15, -0.1) is 0 Å². The summed E-state index contributed by atoms with van der Waals surface area (Å²) >= 11 is 0. The minimum atomic E-state index is -0.638. The van der Waals surface area contributed by atoms with Gasteiger partial charge >= 0.3 is 5.97 Å². The normalized spacial score (nSPS) is 19.2. The molecule has 1 saturated heterocycles. The Bertz CT molecular complexity index is 1080. The van der Waals surface area contributed by atoms with Crippen LogP contribution in [0.25, 0.3) is 5.57 Å². The van der Waals surface area contributed by atoms with Crippen molar-refractivity contribution in [3.8, 4) is 5.75 Å². The third kappa shape index (κ3) is 2.57. The maximum absolute atomic E-state index is 13.7. The first-order chi connectivity index (χ1) is 14.1. The third-order valence-corrected chi connectivity index (χ3v) is 6.52. The summed E-state index contributed by atoms with van der Waals surface area (Å²) < 4.78 is 11.4. The molecule has 5 heteroatoms. The number of methoxy groups -OCH3 is 1. The molecule has 1 N–H and O–H groups in total. The fraction of sp³-hybridized carbons (Fsp3) is 0.333. The number of carbonyl (C=O) groups excluding carboxylic acids is 2. The quantitative estimate of drug-likeness (QED) is 0.641. The van der Waals surface area contributed by atoms with E-state index in [2.05, 4.69) is 5.32 Å². The summed E-state index contributed by atoms with van der Waals surface area (Å²) in [4.78, 5) is 26.7. The van der Waals surface area contributed by atoms with Crippen LogP contribution in [0, 0.1) is 0 Å². The molecule has 2 heterocycles. The molecule has 0 atom stereocenters. The Morgan fingerprint density at radius 3 is 2.62 bits per heavy atom. The first-order valence-corrected chi connectivity index (χ1v) is 10.0. The molecular formula is C24H23NO4. The highest BCUT2D eigenvalue weighted by molar-refractivity contribution is 6.20. The average molecular weight is 389 g/mol. The van der Waals surface area contributed by atoms with Gasteiger partial charge in [-0.3, -0.25) is 4.79 Å². The molecule has 0 aromatic heterocycles. The predicted octanol–water partition coefficient (Wildman–Crippen LogP) is 3.66. The van der Waals surface area contributed by atoms with Gasteiger partial charge in [0, 0.05) is 30.4 Å². The molecule has 5 rings (SSSR count). The average Bonchev–Trinajstić information content (AvgIpc) is 3.22. The molecule has 5 nitrogen and oxygen atoms in total. The number of ketones is 1. The second kappa shape index (κ2) is 6.56. The van der Waals surface area contributed by atoms with E-state index in [1.807, 2.05) is 37.3 Å². The first kappa shape index (κ1) is 18.1. The number of nitrogens with one attached hydrogen (secondary N) is 1. The summed E-state index contributed by atoms with van der Waals surface area (Å²) in [5.41, 5.74) is 4.82. The van der Waals surface area contributed by atoms with Gasteiger partial charge in [-0.1, -0.05) is 30.3 Å². The van der Waals surface area contributed by atoms with Crippen LogP contribution in [0.2, 0.25) is 0 Å². The predicted molar refractivity (Wildman–Crippen MR) is 109 cm³/mol. The summed E-state index contributed by atoms with van der Waals surface area (Å²) in [6.45, 7) is 3.53. The number of fused-ring (bicyclic) bond motifs is 3. The maximum Gasteiger partial charge on any atom is 0.340 e. The highest BCUT2D eigenvalue weighted by Crippen LogP contribution is 2.47. The number of allylic oxidation sites excluding steroid dienone is 2. The van der Waals surface area contributed by atoms with E-state index in [9.17, 15) is 9.59 Å². The summed E-state index contributed by atoms with van der Waals surface area (Å²) in [6, 6.07) is 11.7. The first-order valence-electron chi connectivity index (χ1n) is 10.0. The number of Topliss-reactive ketones (excluding diaryl/α,β-unsaturated/α-hetero) is 1. The Morgan fingerprint density at radius 2 is 1.90 bits per heavy atom. The molecule has 0 saturated carbocycles. The van der Waals surface area contributed by atoms with Gasteiger partial charge < -0.3 is 14.8 Å². The van der Waals surface area contributed by atoms with Crippen molar-refractivity contribution in [2.24, 2.45) is 0 Å². The van der Waals surface area contributed by atoms with Crippen LogP contribution < -0.4 is 10.1 Å². The number of hydrogen-bond donors (Lipinski definition) is 1. The zero-order valence-electron chi connectivity index (χ0n) is 16.6. The third-order valence-electron chi connectivity index (χ3n) is 6.52. The van der Waals surface area contributed by atoms with E-state index in [0.29, 0.717) is 36.1 Å². The molecule has 2 aliphatic heterocycles. The van der Waals surface area contributed by atoms with E-state index in [0.717, 1.165) is 40.9 Å². The molecule has 2 aromatic carbocycles. The molecule has 3 aliphatic rings. The Hall–Kier alpha value is -2.92. The second-order valence-electron chi connectivity index (χ2n) is 7.97. The Labute approximate surface area is 169 Å². The zero-order valence-corrected chi connectivity index (χ0v) is 16.6. The topological polar surface area (TPSA) is 64.6 Å². The molecular weight excluding hydrogens is 366 g/mol. The standard InChI is InChI=1S/C24H23NO4/c1-14-16-6-4-3-5-15(16)13-17(14)22(26)21-19(28-2)8-7-18-20(21)23(27)29-24(18)9-11-25-12-10-24/h3-8,25H,9-13H2,1-2H3. The number of esters is 1. The Balaban J connectivity index is 1.66. The van der Waals surface area contributed by atoms with E-state index >= 15 is 0 Å². The lowest BCUT2D eigenvalue weighted by Crippen LogP contribution is -2.40. The number of rotatable bonds is 3. The second-order valence-corrected chi connectivity index (χ2v) is 7.97. The fourth-order valence-electron chi connectivity index (χ4n) is 4.98. The van der Waals surface area contributed by atoms with Gasteiger partial charge in [0.05, 0.1) is 18.2 Å². The van der Waals surface area contributed by atoms with Crippen molar-refractivity contribution in [3.63, 3.8) is 0 Å².